The summed E-state index contributed by atoms with van der Waals surface area (Å²) in [6.45, 7) is 4.61. The molecule has 3 N–H and O–H groups in total. The van der Waals surface area contributed by atoms with E-state index in [9.17, 15) is 0 Å². The Kier molecular flexibility index (Phi) is 3.68. The molecule has 0 aliphatic heterocycles. The molecule has 2 rings (SSSR count). The van der Waals surface area contributed by atoms with E-state index in [0.29, 0.717) is 15.7 Å². The Balaban J connectivity index is 2.39. The molecule has 0 fully saturated rings. The van der Waals surface area contributed by atoms with Crippen LogP contribution in [0.25, 0.3) is 0 Å². The smallest absolute Gasteiger partial charge is 0.152 e. The Morgan fingerprint density at radius 1 is 1.28 bits per heavy atom. The molecule has 6 heteroatoms. The zero-order valence-electron chi connectivity index (χ0n) is 10.2. The SMILES string of the molecule is CCn1nc(C)c(N)c1Nc1cc(Cl)cc(Cl)c1. The van der Waals surface area contributed by atoms with Gasteiger partial charge in [-0.1, -0.05) is 23.2 Å². The molecule has 0 aliphatic rings. The predicted octanol–water partition coefficient (Wildman–Crippen LogP) is 3.84. The van der Waals surface area contributed by atoms with Gasteiger partial charge in [0, 0.05) is 22.3 Å². The first-order valence-electron chi connectivity index (χ1n) is 5.57. The van der Waals surface area contributed by atoms with E-state index in [0.717, 1.165) is 23.7 Å². The van der Waals surface area contributed by atoms with Crippen LogP contribution in [0.4, 0.5) is 17.2 Å². The summed E-state index contributed by atoms with van der Waals surface area (Å²) in [4.78, 5) is 0. The van der Waals surface area contributed by atoms with E-state index in [4.69, 9.17) is 28.9 Å². The molecule has 0 unspecified atom stereocenters. The van der Waals surface area contributed by atoms with Gasteiger partial charge < -0.3 is 11.1 Å². The monoisotopic (exact) mass is 284 g/mol. The van der Waals surface area contributed by atoms with Crippen molar-refractivity contribution in [2.75, 3.05) is 11.1 Å². The fourth-order valence-corrected chi connectivity index (χ4v) is 2.24. The molecule has 0 saturated carbocycles. The summed E-state index contributed by atoms with van der Waals surface area (Å²) in [6, 6.07) is 5.25. The number of halogens is 2. The predicted molar refractivity (Wildman–Crippen MR) is 76.8 cm³/mol. The Bertz CT molecular complexity index is 557. The summed E-state index contributed by atoms with van der Waals surface area (Å²) in [5.74, 6) is 0.758. The Labute approximate surface area is 116 Å². The number of rotatable bonds is 3. The second-order valence-electron chi connectivity index (χ2n) is 3.95. The molecule has 0 aliphatic carbocycles. The van der Waals surface area contributed by atoms with Crippen LogP contribution in [0.15, 0.2) is 18.2 Å². The molecule has 1 aromatic heterocycles. The summed E-state index contributed by atoms with van der Waals surface area (Å²) in [6.07, 6.45) is 0. The number of aromatic nitrogens is 2. The second-order valence-corrected chi connectivity index (χ2v) is 4.82. The van der Waals surface area contributed by atoms with Gasteiger partial charge in [0.2, 0.25) is 0 Å². The maximum Gasteiger partial charge on any atom is 0.152 e. The fraction of sp³-hybridized carbons (Fsp3) is 0.250. The number of nitrogens with zero attached hydrogens (tertiary/aromatic N) is 2. The summed E-state index contributed by atoms with van der Waals surface area (Å²) < 4.78 is 1.81. The molecular weight excluding hydrogens is 271 g/mol. The molecule has 2 aromatic rings. The number of hydrogen-bond donors (Lipinski definition) is 2. The highest BCUT2D eigenvalue weighted by atomic mass is 35.5. The van der Waals surface area contributed by atoms with Crippen LogP contribution < -0.4 is 11.1 Å². The van der Waals surface area contributed by atoms with Crippen molar-refractivity contribution >= 4 is 40.4 Å². The molecule has 0 spiro atoms. The normalized spacial score (nSPS) is 10.7. The number of nitrogens with two attached hydrogens (primary N) is 1. The highest BCUT2D eigenvalue weighted by molar-refractivity contribution is 6.35. The summed E-state index contributed by atoms with van der Waals surface area (Å²) in [7, 11) is 0. The van der Waals surface area contributed by atoms with Crippen molar-refractivity contribution in [3.63, 3.8) is 0 Å². The van der Waals surface area contributed by atoms with Crippen LogP contribution in [0.3, 0.4) is 0 Å². The molecule has 1 heterocycles. The van der Waals surface area contributed by atoms with Gasteiger partial charge in [0.15, 0.2) is 5.82 Å². The maximum absolute atomic E-state index is 5.99. The minimum atomic E-state index is 0.572. The van der Waals surface area contributed by atoms with E-state index in [1.165, 1.54) is 0 Å². The van der Waals surface area contributed by atoms with Crippen molar-refractivity contribution in [3.05, 3.63) is 33.9 Å². The van der Waals surface area contributed by atoms with Crippen molar-refractivity contribution in [2.45, 2.75) is 20.4 Å². The van der Waals surface area contributed by atoms with Crippen molar-refractivity contribution < 1.29 is 0 Å². The molecular formula is C12H14Cl2N4. The first kappa shape index (κ1) is 13.1. The summed E-state index contributed by atoms with van der Waals surface area (Å²) in [5, 5.41) is 8.68. The number of anilines is 3. The molecule has 0 saturated heterocycles. The fourth-order valence-electron chi connectivity index (χ4n) is 1.72. The lowest BCUT2D eigenvalue weighted by atomic mass is 10.3. The van der Waals surface area contributed by atoms with Crippen LogP contribution in [-0.4, -0.2) is 9.78 Å². The van der Waals surface area contributed by atoms with Crippen LogP contribution in [0.2, 0.25) is 10.0 Å². The summed E-state index contributed by atoms with van der Waals surface area (Å²) in [5.41, 5.74) is 8.21. The van der Waals surface area contributed by atoms with Gasteiger partial charge in [-0.2, -0.15) is 5.10 Å². The first-order valence-corrected chi connectivity index (χ1v) is 6.33. The van der Waals surface area contributed by atoms with E-state index < -0.39 is 0 Å². The van der Waals surface area contributed by atoms with Crippen LogP contribution in [0, 0.1) is 6.92 Å². The first-order chi connectivity index (χ1) is 8.51. The van der Waals surface area contributed by atoms with E-state index >= 15 is 0 Å². The van der Waals surface area contributed by atoms with Gasteiger partial charge in [-0.15, -0.1) is 0 Å². The van der Waals surface area contributed by atoms with Gasteiger partial charge in [0.25, 0.3) is 0 Å². The molecule has 18 heavy (non-hydrogen) atoms. The third kappa shape index (κ3) is 2.54. The number of nitrogens with one attached hydrogen (secondary N) is 1. The van der Waals surface area contributed by atoms with Crippen LogP contribution in [-0.2, 0) is 6.54 Å². The van der Waals surface area contributed by atoms with Gasteiger partial charge >= 0.3 is 0 Å². The number of aryl methyl sites for hydroxylation is 2. The van der Waals surface area contributed by atoms with Gasteiger partial charge in [0.1, 0.15) is 0 Å². The van der Waals surface area contributed by atoms with Crippen molar-refractivity contribution in [2.24, 2.45) is 0 Å². The molecule has 4 nitrogen and oxygen atoms in total. The van der Waals surface area contributed by atoms with E-state index in [2.05, 4.69) is 10.4 Å². The van der Waals surface area contributed by atoms with E-state index in [1.807, 2.05) is 13.8 Å². The van der Waals surface area contributed by atoms with Gasteiger partial charge in [-0.25, -0.2) is 4.68 Å². The van der Waals surface area contributed by atoms with Crippen LogP contribution in [0.5, 0.6) is 0 Å². The average molecular weight is 285 g/mol. The zero-order chi connectivity index (χ0) is 13.3. The van der Waals surface area contributed by atoms with Crippen LogP contribution in [0.1, 0.15) is 12.6 Å². The standard InChI is InChI=1S/C12H14Cl2N4/c1-3-18-12(11(15)7(2)17-18)16-10-5-8(13)4-9(14)6-10/h4-6,16H,3,15H2,1-2H3. The quantitative estimate of drug-likeness (QED) is 0.900. The van der Waals surface area contributed by atoms with Gasteiger partial charge in [0.05, 0.1) is 11.4 Å². The average Bonchev–Trinajstić information content (AvgIpc) is 2.55. The number of hydrogen-bond acceptors (Lipinski definition) is 3. The molecule has 96 valence electrons. The molecule has 0 atom stereocenters. The van der Waals surface area contributed by atoms with Gasteiger partial charge in [-0.3, -0.25) is 0 Å². The lowest BCUT2D eigenvalue weighted by molar-refractivity contribution is 0.661. The molecule has 0 bridgehead atoms. The highest BCUT2D eigenvalue weighted by Crippen LogP contribution is 2.29. The minimum absolute atomic E-state index is 0.572. The molecule has 0 radical (unpaired) electrons. The van der Waals surface area contributed by atoms with Crippen molar-refractivity contribution in [1.82, 2.24) is 9.78 Å². The van der Waals surface area contributed by atoms with E-state index in [1.54, 1.807) is 22.9 Å². The summed E-state index contributed by atoms with van der Waals surface area (Å²) >= 11 is 11.9. The largest absolute Gasteiger partial charge is 0.394 e. The number of nitrogen functional groups attached to an aromatic ring is 1. The molecule has 1 aromatic carbocycles. The Morgan fingerprint density at radius 3 is 2.44 bits per heavy atom. The van der Waals surface area contributed by atoms with E-state index in [-0.39, 0.29) is 0 Å². The van der Waals surface area contributed by atoms with Gasteiger partial charge in [-0.05, 0) is 32.0 Å². The third-order valence-corrected chi connectivity index (χ3v) is 3.03. The lowest BCUT2D eigenvalue weighted by Crippen LogP contribution is -2.04. The Morgan fingerprint density at radius 2 is 1.89 bits per heavy atom. The topological polar surface area (TPSA) is 55.9 Å². The third-order valence-electron chi connectivity index (χ3n) is 2.60. The Hall–Kier alpha value is -1.39. The lowest BCUT2D eigenvalue weighted by Gasteiger charge is -2.10. The highest BCUT2D eigenvalue weighted by Gasteiger charge is 2.11. The van der Waals surface area contributed by atoms with Crippen LogP contribution >= 0.6 is 23.2 Å². The zero-order valence-corrected chi connectivity index (χ0v) is 11.7. The van der Waals surface area contributed by atoms with Crippen molar-refractivity contribution in [1.29, 1.82) is 0 Å². The number of benzene rings is 1. The second kappa shape index (κ2) is 5.08. The maximum atomic E-state index is 5.99. The molecule has 0 amide bonds. The minimum Gasteiger partial charge on any atom is -0.394 e. The van der Waals surface area contributed by atoms with Crippen molar-refractivity contribution in [3.8, 4) is 0 Å².